The predicted molar refractivity (Wildman–Crippen MR) is 103 cm³/mol. The summed E-state index contributed by atoms with van der Waals surface area (Å²) in [4.78, 5) is 0. The molecule has 26 heavy (non-hydrogen) atoms. The van der Waals surface area contributed by atoms with E-state index in [-0.39, 0.29) is 5.82 Å². The normalized spacial score (nSPS) is 21.7. The van der Waals surface area contributed by atoms with Gasteiger partial charge in [-0.15, -0.1) is 0 Å². The Bertz CT molecular complexity index is 741. The minimum Gasteiger partial charge on any atom is -0.471 e. The number of hydrogen-bond acceptors (Lipinski definition) is 3. The van der Waals surface area contributed by atoms with Gasteiger partial charge in [-0.25, -0.2) is 4.39 Å². The summed E-state index contributed by atoms with van der Waals surface area (Å²) in [6, 6.07) is 14.3. The largest absolute Gasteiger partial charge is 0.471 e. The van der Waals surface area contributed by atoms with Crippen molar-refractivity contribution < 1.29 is 9.13 Å². The van der Waals surface area contributed by atoms with Gasteiger partial charge in [-0.3, -0.25) is 0 Å². The molecular weight excluding hydrogens is 327 g/mol. The fourth-order valence-electron chi connectivity index (χ4n) is 4.17. The number of hydrogen-bond donors (Lipinski definition) is 2. The molecule has 2 aliphatic rings. The Morgan fingerprint density at radius 2 is 1.92 bits per heavy atom. The Hall–Kier alpha value is -2.07. The molecule has 4 heteroatoms. The summed E-state index contributed by atoms with van der Waals surface area (Å²) >= 11 is 0. The summed E-state index contributed by atoms with van der Waals surface area (Å²) in [5.41, 5.74) is 3.34. The van der Waals surface area contributed by atoms with Crippen molar-refractivity contribution in [2.75, 3.05) is 18.6 Å². The molecule has 2 N–H and O–H groups in total. The Morgan fingerprint density at radius 1 is 1.08 bits per heavy atom. The molecule has 4 rings (SSSR count). The van der Waals surface area contributed by atoms with Crippen molar-refractivity contribution in [1.29, 1.82) is 0 Å². The Kier molecular flexibility index (Phi) is 5.40. The van der Waals surface area contributed by atoms with Crippen LogP contribution in [0.15, 0.2) is 42.5 Å². The van der Waals surface area contributed by atoms with Crippen LogP contribution in [0, 0.1) is 5.82 Å². The van der Waals surface area contributed by atoms with Crippen molar-refractivity contribution in [2.45, 2.75) is 50.5 Å². The van der Waals surface area contributed by atoms with Crippen LogP contribution in [0.25, 0.3) is 0 Å². The number of benzene rings is 2. The van der Waals surface area contributed by atoms with Gasteiger partial charge in [0.25, 0.3) is 0 Å². The van der Waals surface area contributed by atoms with E-state index in [9.17, 15) is 4.39 Å². The molecule has 1 aliphatic carbocycles. The highest BCUT2D eigenvalue weighted by atomic mass is 19.1. The van der Waals surface area contributed by atoms with Gasteiger partial charge in [-0.05, 0) is 80.3 Å². The van der Waals surface area contributed by atoms with E-state index in [2.05, 4.69) is 28.8 Å². The van der Waals surface area contributed by atoms with Gasteiger partial charge in [0.2, 0.25) is 0 Å². The third-order valence-corrected chi connectivity index (χ3v) is 5.71. The van der Waals surface area contributed by atoms with Crippen LogP contribution in [0.5, 0.6) is 5.75 Å². The van der Waals surface area contributed by atoms with Crippen molar-refractivity contribution in [3.63, 3.8) is 0 Å². The topological polar surface area (TPSA) is 33.3 Å². The highest BCUT2D eigenvalue weighted by molar-refractivity contribution is 5.60. The van der Waals surface area contributed by atoms with Crippen LogP contribution in [0.4, 0.5) is 10.1 Å². The first kappa shape index (κ1) is 17.3. The number of anilines is 1. The van der Waals surface area contributed by atoms with Crippen LogP contribution in [0.2, 0.25) is 0 Å². The third kappa shape index (κ3) is 4.01. The number of halogens is 1. The van der Waals surface area contributed by atoms with E-state index in [0.29, 0.717) is 18.7 Å². The first-order chi connectivity index (χ1) is 12.8. The first-order valence-electron chi connectivity index (χ1n) is 9.77. The van der Waals surface area contributed by atoms with Crippen molar-refractivity contribution in [2.24, 2.45) is 0 Å². The van der Waals surface area contributed by atoms with Crippen LogP contribution >= 0.6 is 0 Å². The number of nitrogens with one attached hydrogen (secondary N) is 2. The number of rotatable bonds is 6. The third-order valence-electron chi connectivity index (χ3n) is 5.71. The standard InChI is InChI=1S/C22H27FN2O/c23-20-6-2-1-4-17(20)5-3-13-24-19-10-7-16(8-11-19)18-9-12-21-22(14-18)26-15-25-21/h1-2,4,6,9,12,14,16,19,24-25H,3,5,7-8,10-11,13,15H2. The summed E-state index contributed by atoms with van der Waals surface area (Å²) in [6.07, 6.45) is 6.64. The summed E-state index contributed by atoms with van der Waals surface area (Å²) in [5.74, 6) is 1.55. The van der Waals surface area contributed by atoms with Gasteiger partial charge in [0.05, 0.1) is 5.69 Å². The summed E-state index contributed by atoms with van der Waals surface area (Å²) in [5, 5.41) is 6.89. The van der Waals surface area contributed by atoms with E-state index in [1.165, 1.54) is 31.2 Å². The number of aryl methyl sites for hydroxylation is 1. The molecule has 1 aliphatic heterocycles. The molecule has 2 aromatic carbocycles. The molecule has 0 aromatic heterocycles. The second-order valence-corrected chi connectivity index (χ2v) is 7.42. The smallest absolute Gasteiger partial charge is 0.159 e. The van der Waals surface area contributed by atoms with Crippen molar-refractivity contribution in [3.8, 4) is 5.75 Å². The van der Waals surface area contributed by atoms with Gasteiger partial charge in [0.1, 0.15) is 11.6 Å². The monoisotopic (exact) mass is 354 g/mol. The molecule has 0 radical (unpaired) electrons. The maximum atomic E-state index is 13.6. The molecule has 0 bridgehead atoms. The van der Waals surface area contributed by atoms with E-state index >= 15 is 0 Å². The zero-order valence-corrected chi connectivity index (χ0v) is 15.1. The van der Waals surface area contributed by atoms with Gasteiger partial charge < -0.3 is 15.4 Å². The van der Waals surface area contributed by atoms with Crippen LogP contribution < -0.4 is 15.4 Å². The Balaban J connectivity index is 1.20. The minimum absolute atomic E-state index is 0.0819. The van der Waals surface area contributed by atoms with Gasteiger partial charge >= 0.3 is 0 Å². The lowest BCUT2D eigenvalue weighted by Crippen LogP contribution is -2.33. The van der Waals surface area contributed by atoms with E-state index in [1.807, 2.05) is 12.1 Å². The highest BCUT2D eigenvalue weighted by Gasteiger charge is 2.23. The second-order valence-electron chi connectivity index (χ2n) is 7.42. The van der Waals surface area contributed by atoms with Gasteiger partial charge in [-0.1, -0.05) is 24.3 Å². The van der Waals surface area contributed by atoms with Crippen LogP contribution in [-0.2, 0) is 6.42 Å². The zero-order valence-electron chi connectivity index (χ0n) is 15.1. The van der Waals surface area contributed by atoms with E-state index < -0.39 is 0 Å². The minimum atomic E-state index is -0.0819. The van der Waals surface area contributed by atoms with Gasteiger partial charge in [0.15, 0.2) is 6.73 Å². The number of fused-ring (bicyclic) bond motifs is 1. The molecule has 2 aromatic rings. The van der Waals surface area contributed by atoms with Crippen molar-refractivity contribution in [3.05, 3.63) is 59.4 Å². The maximum absolute atomic E-state index is 13.6. The van der Waals surface area contributed by atoms with Gasteiger partial charge in [-0.2, -0.15) is 0 Å². The van der Waals surface area contributed by atoms with Crippen LogP contribution in [-0.4, -0.2) is 19.3 Å². The quantitative estimate of drug-likeness (QED) is 0.729. The number of ether oxygens (including phenoxy) is 1. The molecule has 0 atom stereocenters. The Morgan fingerprint density at radius 3 is 2.77 bits per heavy atom. The SMILES string of the molecule is Fc1ccccc1CCCNC1CCC(c2ccc3c(c2)OCN3)CC1. The highest BCUT2D eigenvalue weighted by Crippen LogP contribution is 2.38. The fraction of sp³-hybridized carbons (Fsp3) is 0.455. The fourth-order valence-corrected chi connectivity index (χ4v) is 4.17. The summed E-state index contributed by atoms with van der Waals surface area (Å²) in [7, 11) is 0. The molecule has 1 fully saturated rings. The van der Waals surface area contributed by atoms with Crippen LogP contribution in [0.1, 0.15) is 49.1 Å². The molecule has 1 saturated carbocycles. The molecule has 0 spiro atoms. The van der Waals surface area contributed by atoms with E-state index in [1.54, 1.807) is 12.1 Å². The molecule has 0 unspecified atom stereocenters. The lowest BCUT2D eigenvalue weighted by atomic mass is 9.81. The van der Waals surface area contributed by atoms with Crippen LogP contribution in [0.3, 0.4) is 0 Å². The van der Waals surface area contributed by atoms with E-state index in [4.69, 9.17) is 4.74 Å². The van der Waals surface area contributed by atoms with E-state index in [0.717, 1.165) is 36.4 Å². The average Bonchev–Trinajstić information content (AvgIpc) is 3.15. The molecular formula is C22H27FN2O. The molecule has 0 saturated heterocycles. The maximum Gasteiger partial charge on any atom is 0.159 e. The summed E-state index contributed by atoms with van der Waals surface area (Å²) < 4.78 is 19.2. The lowest BCUT2D eigenvalue weighted by molar-refractivity contribution is 0.340. The van der Waals surface area contributed by atoms with Gasteiger partial charge in [0, 0.05) is 6.04 Å². The van der Waals surface area contributed by atoms with Crippen molar-refractivity contribution >= 4 is 5.69 Å². The Labute approximate surface area is 155 Å². The zero-order chi connectivity index (χ0) is 17.8. The first-order valence-corrected chi connectivity index (χ1v) is 9.77. The lowest BCUT2D eigenvalue weighted by Gasteiger charge is -2.29. The summed E-state index contributed by atoms with van der Waals surface area (Å²) in [6.45, 7) is 1.55. The molecule has 3 nitrogen and oxygen atoms in total. The molecule has 0 amide bonds. The average molecular weight is 354 g/mol. The predicted octanol–water partition coefficient (Wildman–Crippen LogP) is 4.84. The van der Waals surface area contributed by atoms with Crippen molar-refractivity contribution in [1.82, 2.24) is 5.32 Å². The second kappa shape index (κ2) is 8.09. The molecule has 138 valence electrons. The molecule has 1 heterocycles.